The van der Waals surface area contributed by atoms with Gasteiger partial charge in [0, 0.05) is 109 Å². The van der Waals surface area contributed by atoms with E-state index in [1.165, 1.54) is 22.3 Å². The Hall–Kier alpha value is -12.9. The number of benzene rings is 16. The second-order valence-corrected chi connectivity index (χ2v) is 44.4. The van der Waals surface area contributed by atoms with E-state index in [2.05, 4.69) is 324 Å². The number of rotatable bonds is 8. The highest BCUT2D eigenvalue weighted by Crippen LogP contribution is 2.59. The molecule has 644 valence electrons. The summed E-state index contributed by atoms with van der Waals surface area (Å²) in [6.07, 6.45) is 0. The van der Waals surface area contributed by atoms with Crippen molar-refractivity contribution in [3.8, 4) is 80.0 Å². The van der Waals surface area contributed by atoms with Gasteiger partial charge in [-0.15, -0.1) is 0 Å². The van der Waals surface area contributed by atoms with Crippen LogP contribution in [-0.2, 0) is 43.3 Å². The normalized spacial score (nSPS) is 13.5. The maximum Gasteiger partial charge on any atom is 0.199 e. The van der Waals surface area contributed by atoms with E-state index in [-0.39, 0.29) is 77.5 Å². The molecule has 0 unspecified atom stereocenters. The third-order valence-electron chi connectivity index (χ3n) is 26.8. The lowest BCUT2D eigenvalue weighted by Crippen LogP contribution is -2.17. The maximum absolute atomic E-state index is 15.3. The van der Waals surface area contributed by atoms with Crippen molar-refractivity contribution in [2.45, 2.75) is 223 Å². The van der Waals surface area contributed by atoms with Crippen LogP contribution in [0.25, 0.3) is 131 Å². The van der Waals surface area contributed by atoms with Gasteiger partial charge in [0.15, 0.2) is 11.6 Å². The van der Waals surface area contributed by atoms with Crippen LogP contribution in [0.2, 0.25) is 0 Å². The molecule has 2 aliphatic carbocycles. The Bertz CT molecular complexity index is 7640. The number of hydrogen-bond acceptors (Lipinski definition) is 10. The molecule has 2 aromatic heterocycles. The number of pyridine rings is 2. The fraction of sp³-hybridized carbons (Fsp3) is 0.288. The summed E-state index contributed by atoms with van der Waals surface area (Å²) in [4.78, 5) is 40.5. The molecule has 18 aromatic rings. The van der Waals surface area contributed by atoms with E-state index in [4.69, 9.17) is 28.9 Å². The summed E-state index contributed by atoms with van der Waals surface area (Å²) >= 11 is 0. The van der Waals surface area contributed by atoms with Gasteiger partial charge in [0.1, 0.15) is 57.5 Å². The summed E-state index contributed by atoms with van der Waals surface area (Å²) < 4.78 is 29.0. The van der Waals surface area contributed by atoms with Crippen LogP contribution >= 0.6 is 0 Å². The zero-order valence-electron chi connectivity index (χ0n) is 78.9. The first-order chi connectivity index (χ1) is 60.0. The Balaban J connectivity index is 0.000000167. The molecule has 0 spiro atoms. The average Bonchev–Trinajstić information content (AvgIpc) is 0.687. The number of nitrogens with zero attached hydrogens (tertiary/aromatic N) is 2. The molecule has 0 saturated heterocycles. The molecular formula is C118H114N2O8. The minimum absolute atomic E-state index is 0.0306. The van der Waals surface area contributed by atoms with Crippen molar-refractivity contribution >= 4 is 120 Å². The van der Waals surface area contributed by atoms with Gasteiger partial charge < -0.3 is 29.2 Å². The Morgan fingerprint density at radius 2 is 0.547 bits per heavy atom. The van der Waals surface area contributed by atoms with Crippen molar-refractivity contribution in [3.05, 3.63) is 284 Å². The molecule has 16 aromatic carbocycles. The van der Waals surface area contributed by atoms with E-state index in [9.17, 15) is 15.0 Å². The third-order valence-corrected chi connectivity index (χ3v) is 26.8. The zero-order chi connectivity index (χ0) is 91.2. The molecule has 20 rings (SSSR count). The molecule has 0 atom stereocenters. The topological polar surface area (TPSA) is 137 Å². The van der Waals surface area contributed by atoms with Gasteiger partial charge in [-0.3, -0.25) is 9.59 Å². The smallest absolute Gasteiger partial charge is 0.199 e. The molecule has 2 heterocycles. The SMILES string of the molecule is Cc1ccc2nc3c(c(O)c2c1)C(=O)c1cc(Oc2ccc(C(C)(C)C)cc2C(C)(C)C)c2c4cccc5ccc(Oc6ccc(C(C)(C)C)cc6C(C)(C)C)c(c6ccc-3c1c62)c54.Cc1ccc2nc3c(c(O)c2c1)C(=O)c1ccc2c4c(Oc5ccc(C(C)(C)C)cc5C(C)(C)C)ccc5cccc(c6c(Oc7ccc(C(C)(C)C)cc7C(C)(C)C)cc-3c1c26)c54. The number of ketones is 2. The molecule has 2 aliphatic rings. The van der Waals surface area contributed by atoms with Gasteiger partial charge in [-0.25, -0.2) is 9.97 Å². The van der Waals surface area contributed by atoms with Gasteiger partial charge in [0.2, 0.25) is 0 Å². The second-order valence-electron chi connectivity index (χ2n) is 44.4. The number of aromatic nitrogens is 2. The van der Waals surface area contributed by atoms with Crippen LogP contribution in [-0.4, -0.2) is 31.7 Å². The Morgan fingerprint density at radius 3 is 0.906 bits per heavy atom. The van der Waals surface area contributed by atoms with Crippen LogP contribution in [0.3, 0.4) is 0 Å². The van der Waals surface area contributed by atoms with Crippen LogP contribution in [0.4, 0.5) is 0 Å². The maximum atomic E-state index is 15.3. The van der Waals surface area contributed by atoms with Crippen molar-refractivity contribution in [2.75, 3.05) is 0 Å². The molecule has 128 heavy (non-hydrogen) atoms. The molecule has 0 amide bonds. The highest BCUT2D eigenvalue weighted by molar-refractivity contribution is 6.43. The predicted molar refractivity (Wildman–Crippen MR) is 532 cm³/mol. The van der Waals surface area contributed by atoms with E-state index in [0.29, 0.717) is 55.8 Å². The quantitative estimate of drug-likeness (QED) is 0.112. The lowest BCUT2D eigenvalue weighted by Gasteiger charge is -2.29. The van der Waals surface area contributed by atoms with Crippen LogP contribution in [0.15, 0.2) is 206 Å². The number of hydrogen-bond donors (Lipinski definition) is 2. The monoisotopic (exact) mass is 1690 g/mol. The Morgan fingerprint density at radius 1 is 0.242 bits per heavy atom. The van der Waals surface area contributed by atoms with Crippen molar-refractivity contribution in [2.24, 2.45) is 0 Å². The van der Waals surface area contributed by atoms with Crippen molar-refractivity contribution < 1.29 is 38.7 Å². The first kappa shape index (κ1) is 84.6. The zero-order valence-corrected chi connectivity index (χ0v) is 78.9. The predicted octanol–water partition coefficient (Wildman–Crippen LogP) is 32.6. The second kappa shape index (κ2) is 28.8. The van der Waals surface area contributed by atoms with Crippen molar-refractivity contribution in [3.63, 3.8) is 0 Å². The fourth-order valence-corrected chi connectivity index (χ4v) is 19.8. The number of carbonyl (C=O) groups is 2. The molecular weight excluding hydrogens is 1570 g/mol. The summed E-state index contributed by atoms with van der Waals surface area (Å²) in [5, 5.41) is 40.4. The number of fused-ring (bicyclic) bond motifs is 10. The average molecular weight is 1690 g/mol. The van der Waals surface area contributed by atoms with E-state index in [0.717, 1.165) is 165 Å². The number of aryl methyl sites for hydroxylation is 2. The van der Waals surface area contributed by atoms with Gasteiger partial charge in [0.05, 0.1) is 33.5 Å². The first-order valence-corrected chi connectivity index (χ1v) is 45.1. The molecule has 0 radical (unpaired) electrons. The first-order valence-electron chi connectivity index (χ1n) is 45.1. The summed E-state index contributed by atoms with van der Waals surface area (Å²) in [5.74, 6) is 5.16. The molecule has 0 bridgehead atoms. The van der Waals surface area contributed by atoms with E-state index in [1.807, 2.05) is 62.4 Å². The molecule has 10 nitrogen and oxygen atoms in total. The van der Waals surface area contributed by atoms with Gasteiger partial charge in [0.25, 0.3) is 0 Å². The van der Waals surface area contributed by atoms with E-state index < -0.39 is 0 Å². The molecule has 0 aliphatic heterocycles. The highest BCUT2D eigenvalue weighted by atomic mass is 16.5. The van der Waals surface area contributed by atoms with Crippen LogP contribution in [0.1, 0.15) is 254 Å². The summed E-state index contributed by atoms with van der Waals surface area (Å²) in [6.45, 7) is 57.5. The largest absolute Gasteiger partial charge is 0.506 e. The summed E-state index contributed by atoms with van der Waals surface area (Å²) in [5.41, 5.74) is 15.4. The number of carbonyl (C=O) groups excluding carboxylic acids is 2. The molecule has 0 fully saturated rings. The standard InChI is InChI=1S/2C59H57NO4/c1-31-17-23-42-38(27-31)55(62)52-53(60-42)39-30-46(64-44-26-20-34(57(5,6)7)29-41(44)59(11,12)13)50-35-16-14-15-32-18-24-45(49(47(32)35)36-21-22-37(54(52)61)48(39)51(36)50)63-43-25-19-33(56(2,3)4)28-40(43)58(8,9)10;1-31-17-23-42-38(27-31)54(61)52-53(60-42)37-22-21-36-49-45(63-43-25-19-33(56(2,3)4)28-40(43)58(8,9)10)24-18-32-15-14-16-35(47(32)49)50-46(30-39(55(52)62)48(37)51(36)50)64-44-26-20-34(57(5,6)7)29-41(44)59(11,12)13/h14-30H,1-13H3,(H,60,62);14-30H,1-13H3,(H,60,61). The van der Waals surface area contributed by atoms with Gasteiger partial charge in [-0.05, 0) is 191 Å². The van der Waals surface area contributed by atoms with Crippen molar-refractivity contribution in [1.29, 1.82) is 0 Å². The van der Waals surface area contributed by atoms with Crippen LogP contribution < -0.4 is 18.9 Å². The minimum atomic E-state index is -0.286. The fourth-order valence-electron chi connectivity index (χ4n) is 19.8. The van der Waals surface area contributed by atoms with Crippen LogP contribution in [0.5, 0.6) is 57.5 Å². The van der Waals surface area contributed by atoms with Gasteiger partial charge in [-0.2, -0.15) is 0 Å². The van der Waals surface area contributed by atoms with Gasteiger partial charge in [-0.1, -0.05) is 305 Å². The molecule has 2 N–H and O–H groups in total. The number of aromatic hydroxyl groups is 2. The van der Waals surface area contributed by atoms with Gasteiger partial charge >= 0.3 is 0 Å². The Labute approximate surface area is 751 Å². The molecule has 10 heteroatoms. The van der Waals surface area contributed by atoms with E-state index >= 15 is 4.79 Å². The van der Waals surface area contributed by atoms with Crippen LogP contribution in [0, 0.1) is 13.8 Å². The lowest BCUT2D eigenvalue weighted by atomic mass is 9.79. The third kappa shape index (κ3) is 13.8. The summed E-state index contributed by atoms with van der Waals surface area (Å²) in [7, 11) is 0. The Kier molecular flexibility index (Phi) is 19.0. The number of ether oxygens (including phenoxy) is 4. The minimum Gasteiger partial charge on any atom is -0.506 e. The van der Waals surface area contributed by atoms with Crippen molar-refractivity contribution in [1.82, 2.24) is 9.97 Å². The van der Waals surface area contributed by atoms with E-state index in [1.54, 1.807) is 0 Å². The lowest BCUT2D eigenvalue weighted by molar-refractivity contribution is 0.102. The summed E-state index contributed by atoms with van der Waals surface area (Å²) in [6, 6.07) is 71.4. The highest BCUT2D eigenvalue weighted by Gasteiger charge is 2.40. The molecule has 0 saturated carbocycles.